The van der Waals surface area contributed by atoms with Crippen LogP contribution in [0.4, 0.5) is 27.6 Å². The first-order valence-electron chi connectivity index (χ1n) is 13.9. The number of hydrogen-bond donors (Lipinski definition) is 4. The van der Waals surface area contributed by atoms with Crippen LogP contribution in [0.25, 0.3) is 0 Å². The van der Waals surface area contributed by atoms with Crippen molar-refractivity contribution in [2.45, 2.75) is 89.0 Å². The van der Waals surface area contributed by atoms with Crippen LogP contribution in [0, 0.1) is 11.8 Å². The van der Waals surface area contributed by atoms with Gasteiger partial charge in [0.1, 0.15) is 30.2 Å². The van der Waals surface area contributed by atoms with Gasteiger partial charge in [-0.2, -0.15) is 23.4 Å². The molecule has 0 saturated heterocycles. The second kappa shape index (κ2) is 12.8. The normalized spacial score (nSPS) is 19.7. The Hall–Kier alpha value is -3.56. The third-order valence-electron chi connectivity index (χ3n) is 7.80. The van der Waals surface area contributed by atoms with Crippen LogP contribution < -0.4 is 21.9 Å². The molecule has 16 heteroatoms. The summed E-state index contributed by atoms with van der Waals surface area (Å²) in [5, 5.41) is 13.8. The summed E-state index contributed by atoms with van der Waals surface area (Å²) < 4.78 is 69.3. The SMILES string of the molecule is CC(C)n1nccc1C(=O)NC(C(=O)Nc1cnn(C(C(=NCC(F)(F)F)NN)C2CCC2)c1)C1CCC(F)(F)CC1. The van der Waals surface area contributed by atoms with E-state index in [0.717, 1.165) is 19.3 Å². The summed E-state index contributed by atoms with van der Waals surface area (Å²) in [5.74, 6) is 0.797. The molecule has 5 N–H and O–H groups in total. The summed E-state index contributed by atoms with van der Waals surface area (Å²) in [4.78, 5) is 30.3. The fourth-order valence-corrected chi connectivity index (χ4v) is 5.41. The van der Waals surface area contributed by atoms with Crippen LogP contribution in [-0.4, -0.2) is 61.9 Å². The fraction of sp³-hybridized carbons (Fsp3) is 0.654. The summed E-state index contributed by atoms with van der Waals surface area (Å²) in [5.41, 5.74) is 2.71. The highest BCUT2D eigenvalue weighted by molar-refractivity contribution is 6.00. The van der Waals surface area contributed by atoms with Crippen molar-refractivity contribution in [1.82, 2.24) is 30.3 Å². The van der Waals surface area contributed by atoms with E-state index in [1.807, 2.05) is 13.8 Å². The molecule has 2 aromatic rings. The Morgan fingerprint density at radius 3 is 2.40 bits per heavy atom. The van der Waals surface area contributed by atoms with Crippen LogP contribution in [-0.2, 0) is 4.79 Å². The van der Waals surface area contributed by atoms with Crippen LogP contribution in [0.1, 0.15) is 81.4 Å². The van der Waals surface area contributed by atoms with Crippen molar-refractivity contribution in [3.05, 3.63) is 30.4 Å². The lowest BCUT2D eigenvalue weighted by molar-refractivity contribution is -0.121. The zero-order valence-electron chi connectivity index (χ0n) is 23.4. The minimum atomic E-state index is -4.52. The van der Waals surface area contributed by atoms with E-state index >= 15 is 0 Å². The molecule has 2 unspecified atom stereocenters. The maximum absolute atomic E-state index is 13.9. The van der Waals surface area contributed by atoms with Crippen LogP contribution in [0.2, 0.25) is 0 Å². The lowest BCUT2D eigenvalue weighted by atomic mass is 9.79. The topological polar surface area (TPSA) is 144 Å². The van der Waals surface area contributed by atoms with E-state index in [1.54, 1.807) is 0 Å². The van der Waals surface area contributed by atoms with E-state index in [0.29, 0.717) is 0 Å². The van der Waals surface area contributed by atoms with Gasteiger partial charge in [0.2, 0.25) is 11.8 Å². The van der Waals surface area contributed by atoms with Crippen molar-refractivity contribution >= 4 is 23.3 Å². The number of carbonyl (C=O) groups is 2. The van der Waals surface area contributed by atoms with Crippen LogP contribution in [0.15, 0.2) is 29.6 Å². The number of hydrazine groups is 1. The number of hydrogen-bond acceptors (Lipinski definition) is 6. The Bertz CT molecular complexity index is 1260. The summed E-state index contributed by atoms with van der Waals surface area (Å²) in [6, 6.07) is -0.482. The number of nitrogens with zero attached hydrogens (tertiary/aromatic N) is 5. The number of aliphatic imine (C=N–C) groups is 1. The van der Waals surface area contributed by atoms with E-state index in [-0.39, 0.29) is 42.0 Å². The highest BCUT2D eigenvalue weighted by Crippen LogP contribution is 2.39. The molecule has 0 aliphatic heterocycles. The molecule has 2 atom stereocenters. The number of halogens is 5. The number of carbonyl (C=O) groups excluding carboxylic acids is 2. The average Bonchev–Trinajstić information content (AvgIpc) is 3.55. The van der Waals surface area contributed by atoms with Crippen molar-refractivity contribution in [3.63, 3.8) is 0 Å². The highest BCUT2D eigenvalue weighted by Gasteiger charge is 2.41. The standard InChI is InChI=1S/C26H36F5N9O2/c1-15(2)40-19(8-11-34-40)23(41)37-20(16-6-9-25(27,28)10-7-16)24(42)36-18-12-35-39(13-18)21(17-4-3-5-17)22(38-32)33-14-26(29,30)31/h8,11-13,15-17,20-21H,3-7,9-10,14,32H2,1-2H3,(H,33,38)(H,36,42)(H,37,41). The molecule has 2 aliphatic rings. The first kappa shape index (κ1) is 31.4. The van der Waals surface area contributed by atoms with Crippen molar-refractivity contribution in [3.8, 4) is 0 Å². The van der Waals surface area contributed by atoms with E-state index in [2.05, 4.69) is 31.2 Å². The van der Waals surface area contributed by atoms with Gasteiger partial charge in [0.05, 0.1) is 11.9 Å². The largest absolute Gasteiger partial charge is 0.408 e. The lowest BCUT2D eigenvalue weighted by Gasteiger charge is -2.34. The maximum Gasteiger partial charge on any atom is 0.408 e. The van der Waals surface area contributed by atoms with Gasteiger partial charge in [-0.1, -0.05) is 6.42 Å². The number of anilines is 1. The molecule has 42 heavy (non-hydrogen) atoms. The Balaban J connectivity index is 1.54. The Labute approximate surface area is 239 Å². The van der Waals surface area contributed by atoms with Gasteiger partial charge >= 0.3 is 6.18 Å². The highest BCUT2D eigenvalue weighted by atomic mass is 19.4. The van der Waals surface area contributed by atoms with Crippen LogP contribution in [0.5, 0.6) is 0 Å². The molecule has 232 valence electrons. The zero-order valence-corrected chi connectivity index (χ0v) is 23.4. The monoisotopic (exact) mass is 601 g/mol. The molecule has 2 fully saturated rings. The third-order valence-corrected chi connectivity index (χ3v) is 7.80. The first-order valence-corrected chi connectivity index (χ1v) is 13.9. The second-order valence-corrected chi connectivity index (χ2v) is 11.2. The molecule has 11 nitrogen and oxygen atoms in total. The van der Waals surface area contributed by atoms with Gasteiger partial charge in [-0.15, -0.1) is 0 Å². The number of alkyl halides is 5. The molecule has 0 bridgehead atoms. The minimum absolute atomic E-state index is 0.0268. The maximum atomic E-state index is 13.9. The molecule has 0 spiro atoms. The molecule has 2 heterocycles. The number of rotatable bonds is 10. The number of nitrogens with two attached hydrogens (primary N) is 1. The Kier molecular flexibility index (Phi) is 9.53. The van der Waals surface area contributed by atoms with Crippen molar-refractivity contribution in [1.29, 1.82) is 0 Å². The quantitative estimate of drug-likeness (QED) is 0.107. The van der Waals surface area contributed by atoms with Crippen molar-refractivity contribution < 1.29 is 31.5 Å². The third kappa shape index (κ3) is 7.63. The van der Waals surface area contributed by atoms with Gasteiger partial charge in [-0.05, 0) is 57.4 Å². The molecular formula is C26H36F5N9O2. The van der Waals surface area contributed by atoms with E-state index < -0.39 is 61.3 Å². The minimum Gasteiger partial charge on any atom is -0.339 e. The molecule has 2 amide bonds. The van der Waals surface area contributed by atoms with Gasteiger partial charge in [-0.3, -0.25) is 23.9 Å². The van der Waals surface area contributed by atoms with E-state index in [4.69, 9.17) is 5.84 Å². The van der Waals surface area contributed by atoms with Gasteiger partial charge in [-0.25, -0.2) is 14.6 Å². The molecular weight excluding hydrogens is 565 g/mol. The number of amides is 2. The smallest absolute Gasteiger partial charge is 0.339 e. The van der Waals surface area contributed by atoms with Crippen molar-refractivity contribution in [2.75, 3.05) is 11.9 Å². The predicted octanol–water partition coefficient (Wildman–Crippen LogP) is 3.99. The van der Waals surface area contributed by atoms with Crippen molar-refractivity contribution in [2.24, 2.45) is 22.7 Å². The number of nitrogens with one attached hydrogen (secondary N) is 3. The van der Waals surface area contributed by atoms with E-state index in [1.165, 1.54) is 34.0 Å². The van der Waals surface area contributed by atoms with Gasteiger partial charge in [0, 0.05) is 31.3 Å². The van der Waals surface area contributed by atoms with Crippen LogP contribution in [0.3, 0.4) is 0 Å². The Morgan fingerprint density at radius 1 is 1.14 bits per heavy atom. The second-order valence-electron chi connectivity index (χ2n) is 11.2. The molecule has 4 rings (SSSR count). The van der Waals surface area contributed by atoms with E-state index in [9.17, 15) is 31.5 Å². The lowest BCUT2D eigenvalue weighted by Crippen LogP contribution is -2.50. The average molecular weight is 602 g/mol. The fourth-order valence-electron chi connectivity index (χ4n) is 5.41. The predicted molar refractivity (Wildman–Crippen MR) is 144 cm³/mol. The number of aromatic nitrogens is 4. The summed E-state index contributed by atoms with van der Waals surface area (Å²) in [6.07, 6.45) is 1.29. The van der Waals surface area contributed by atoms with Crippen LogP contribution >= 0.6 is 0 Å². The van der Waals surface area contributed by atoms with Gasteiger partial charge < -0.3 is 16.1 Å². The number of amidine groups is 1. The molecule has 2 aliphatic carbocycles. The first-order chi connectivity index (χ1) is 19.8. The molecule has 0 aromatic carbocycles. The van der Waals surface area contributed by atoms with Gasteiger partial charge in [0.15, 0.2) is 0 Å². The summed E-state index contributed by atoms with van der Waals surface area (Å²) >= 11 is 0. The Morgan fingerprint density at radius 2 is 1.83 bits per heavy atom. The zero-order chi connectivity index (χ0) is 30.7. The molecule has 2 saturated carbocycles. The summed E-state index contributed by atoms with van der Waals surface area (Å²) in [7, 11) is 0. The summed E-state index contributed by atoms with van der Waals surface area (Å²) in [6.45, 7) is 2.26. The molecule has 2 aromatic heterocycles. The molecule has 0 radical (unpaired) electrons. The van der Waals surface area contributed by atoms with Gasteiger partial charge in [0.25, 0.3) is 5.91 Å².